The van der Waals surface area contributed by atoms with Gasteiger partial charge in [-0.05, 0) is 13.4 Å². The Kier molecular flexibility index (Phi) is 4.10. The van der Waals surface area contributed by atoms with E-state index < -0.39 is 7.12 Å². The monoisotopic (exact) mass is 103 g/mol. The maximum absolute atomic E-state index is 12.0. The second kappa shape index (κ2) is 4.12. The van der Waals surface area contributed by atoms with Crippen LogP contribution in [0.5, 0.6) is 0 Å². The zero-order valence-electron chi connectivity index (χ0n) is 4.87. The predicted octanol–water partition coefficient (Wildman–Crippen LogP) is 1.07. The van der Waals surface area contributed by atoms with Crippen molar-refractivity contribution in [1.82, 2.24) is 5.23 Å². The summed E-state index contributed by atoms with van der Waals surface area (Å²) >= 11 is 0. The largest absolute Gasteiger partial charge is 0.428 e. The maximum Gasteiger partial charge on any atom is 0.428 e. The highest BCUT2D eigenvalue weighted by Crippen LogP contribution is 1.91. The van der Waals surface area contributed by atoms with Crippen LogP contribution in [0, 0.1) is 0 Å². The summed E-state index contributed by atoms with van der Waals surface area (Å²) in [5.41, 5.74) is 0. The van der Waals surface area contributed by atoms with Crippen LogP contribution in [0.25, 0.3) is 0 Å². The molecule has 1 nitrogen and oxygen atoms in total. The number of hydrogen-bond donors (Lipinski definition) is 1. The van der Waals surface area contributed by atoms with Crippen molar-refractivity contribution in [3.63, 3.8) is 0 Å². The van der Waals surface area contributed by atoms with Crippen molar-refractivity contribution in [2.75, 3.05) is 7.05 Å². The standard InChI is InChI=1S/C4H11BFN/c1-3-4-5(6)7-2/h7H,3-4H2,1-2H3. The summed E-state index contributed by atoms with van der Waals surface area (Å²) in [6.07, 6.45) is 1.53. The van der Waals surface area contributed by atoms with Crippen LogP contribution in [0.4, 0.5) is 4.32 Å². The lowest BCUT2D eigenvalue weighted by atomic mass is 9.82. The number of nitrogens with one attached hydrogen (secondary N) is 1. The van der Waals surface area contributed by atoms with Crippen LogP contribution >= 0.6 is 0 Å². The molecule has 0 aromatic heterocycles. The van der Waals surface area contributed by atoms with Crippen LogP contribution in [-0.4, -0.2) is 14.2 Å². The first-order valence-electron chi connectivity index (χ1n) is 2.62. The van der Waals surface area contributed by atoms with E-state index in [0.717, 1.165) is 6.42 Å². The molecule has 0 bridgehead atoms. The van der Waals surface area contributed by atoms with Gasteiger partial charge >= 0.3 is 7.12 Å². The van der Waals surface area contributed by atoms with Gasteiger partial charge in [0, 0.05) is 0 Å². The van der Waals surface area contributed by atoms with E-state index in [1.807, 2.05) is 6.92 Å². The van der Waals surface area contributed by atoms with Crippen LogP contribution in [0.3, 0.4) is 0 Å². The lowest BCUT2D eigenvalue weighted by Gasteiger charge is -1.94. The van der Waals surface area contributed by atoms with Crippen LogP contribution in [-0.2, 0) is 0 Å². The first-order chi connectivity index (χ1) is 3.31. The van der Waals surface area contributed by atoms with Crippen LogP contribution in [0.2, 0.25) is 6.32 Å². The molecule has 0 saturated heterocycles. The Morgan fingerprint density at radius 2 is 2.29 bits per heavy atom. The Balaban J connectivity index is 2.83. The van der Waals surface area contributed by atoms with Crippen molar-refractivity contribution in [2.24, 2.45) is 0 Å². The van der Waals surface area contributed by atoms with E-state index in [4.69, 9.17) is 0 Å². The lowest BCUT2D eigenvalue weighted by molar-refractivity contribution is 0.768. The van der Waals surface area contributed by atoms with Gasteiger partial charge in [0.25, 0.3) is 0 Å². The quantitative estimate of drug-likeness (QED) is 0.527. The Hall–Kier alpha value is -0.0451. The van der Waals surface area contributed by atoms with Crippen molar-refractivity contribution < 1.29 is 4.32 Å². The van der Waals surface area contributed by atoms with Crippen molar-refractivity contribution in [3.8, 4) is 0 Å². The fourth-order valence-corrected chi connectivity index (χ4v) is 0.398. The molecule has 42 valence electrons. The topological polar surface area (TPSA) is 12.0 Å². The molecule has 0 spiro atoms. The van der Waals surface area contributed by atoms with Gasteiger partial charge in [-0.25, -0.2) is 0 Å². The van der Waals surface area contributed by atoms with Gasteiger partial charge in [0.15, 0.2) is 0 Å². The number of hydrogen-bond acceptors (Lipinski definition) is 1. The van der Waals surface area contributed by atoms with E-state index in [1.54, 1.807) is 7.05 Å². The molecule has 0 fully saturated rings. The van der Waals surface area contributed by atoms with Gasteiger partial charge in [0.1, 0.15) is 0 Å². The van der Waals surface area contributed by atoms with E-state index in [-0.39, 0.29) is 0 Å². The predicted molar refractivity (Wildman–Crippen MR) is 31.0 cm³/mol. The first kappa shape index (κ1) is 6.95. The van der Waals surface area contributed by atoms with E-state index >= 15 is 0 Å². The van der Waals surface area contributed by atoms with Crippen molar-refractivity contribution in [3.05, 3.63) is 0 Å². The molecule has 0 aliphatic heterocycles. The van der Waals surface area contributed by atoms with Gasteiger partial charge in [-0.1, -0.05) is 13.3 Å². The summed E-state index contributed by atoms with van der Waals surface area (Å²) in [6, 6.07) is 0. The molecule has 0 aromatic carbocycles. The minimum atomic E-state index is -0.801. The second-order valence-corrected chi connectivity index (χ2v) is 1.54. The molecule has 1 N–H and O–H groups in total. The van der Waals surface area contributed by atoms with Gasteiger partial charge in [-0.15, -0.1) is 0 Å². The summed E-state index contributed by atoms with van der Waals surface area (Å²) in [5.74, 6) is 0. The molecular weight excluding hydrogens is 91.9 g/mol. The molecule has 0 radical (unpaired) electrons. The highest BCUT2D eigenvalue weighted by atomic mass is 19.1. The van der Waals surface area contributed by atoms with Gasteiger partial charge in [0.2, 0.25) is 0 Å². The minimum absolute atomic E-state index is 0.622. The maximum atomic E-state index is 12.0. The van der Waals surface area contributed by atoms with Crippen molar-refractivity contribution in [2.45, 2.75) is 19.7 Å². The molecule has 3 heteroatoms. The third-order valence-electron chi connectivity index (χ3n) is 0.855. The first-order valence-corrected chi connectivity index (χ1v) is 2.62. The van der Waals surface area contributed by atoms with E-state index in [2.05, 4.69) is 5.23 Å². The highest BCUT2D eigenvalue weighted by molar-refractivity contribution is 6.47. The van der Waals surface area contributed by atoms with Crippen LogP contribution in [0.15, 0.2) is 0 Å². The molecule has 0 unspecified atom stereocenters. The minimum Gasteiger partial charge on any atom is -0.330 e. The van der Waals surface area contributed by atoms with E-state index in [0.29, 0.717) is 6.32 Å². The van der Waals surface area contributed by atoms with Crippen molar-refractivity contribution in [1.29, 1.82) is 0 Å². The van der Waals surface area contributed by atoms with Gasteiger partial charge in [-0.3, -0.25) is 0 Å². The fourth-order valence-electron chi connectivity index (χ4n) is 0.398. The smallest absolute Gasteiger partial charge is 0.330 e. The zero-order chi connectivity index (χ0) is 5.70. The summed E-state index contributed by atoms with van der Waals surface area (Å²) in [4.78, 5) is 0. The van der Waals surface area contributed by atoms with Crippen molar-refractivity contribution >= 4 is 7.12 Å². The molecular formula is C4H11BFN. The molecule has 0 aliphatic carbocycles. The van der Waals surface area contributed by atoms with Gasteiger partial charge in [0.05, 0.1) is 0 Å². The average Bonchev–Trinajstić information content (AvgIpc) is 1.68. The number of halogens is 1. The SMILES string of the molecule is CCCB(F)NC. The van der Waals surface area contributed by atoms with E-state index in [9.17, 15) is 4.32 Å². The zero-order valence-corrected chi connectivity index (χ0v) is 4.87. The second-order valence-electron chi connectivity index (χ2n) is 1.54. The third-order valence-corrected chi connectivity index (χ3v) is 0.855. The summed E-state index contributed by atoms with van der Waals surface area (Å²) in [7, 11) is 0.824. The fraction of sp³-hybridized carbons (Fsp3) is 1.00. The highest BCUT2D eigenvalue weighted by Gasteiger charge is 2.06. The Bertz CT molecular complexity index is 42.7. The molecule has 0 rings (SSSR count). The molecule has 7 heavy (non-hydrogen) atoms. The average molecular weight is 103 g/mol. The Morgan fingerprint density at radius 1 is 1.71 bits per heavy atom. The molecule has 0 atom stereocenters. The van der Waals surface area contributed by atoms with Crippen LogP contribution < -0.4 is 5.23 Å². The lowest BCUT2D eigenvalue weighted by Crippen LogP contribution is -2.24. The molecule has 0 heterocycles. The third kappa shape index (κ3) is 3.79. The molecule has 0 amide bonds. The molecule has 0 saturated carbocycles. The summed E-state index contributed by atoms with van der Waals surface area (Å²) < 4.78 is 12.0. The van der Waals surface area contributed by atoms with Crippen LogP contribution in [0.1, 0.15) is 13.3 Å². The van der Waals surface area contributed by atoms with Gasteiger partial charge in [-0.2, -0.15) is 0 Å². The normalized spacial score (nSPS) is 9.00. The summed E-state index contributed by atoms with van der Waals surface area (Å²) in [5, 5.41) is 2.50. The molecule has 0 aromatic rings. The van der Waals surface area contributed by atoms with Gasteiger partial charge < -0.3 is 9.54 Å². The molecule has 0 aliphatic rings. The Labute approximate surface area is 44.4 Å². The van der Waals surface area contributed by atoms with E-state index in [1.165, 1.54) is 0 Å². The Morgan fingerprint density at radius 3 is 2.43 bits per heavy atom. The summed E-state index contributed by atoms with van der Waals surface area (Å²) in [6.45, 7) is 1.96. The number of rotatable bonds is 3.